The molecule has 1 atom stereocenters. The van der Waals surface area contributed by atoms with Crippen LogP contribution in [0.5, 0.6) is 0 Å². The summed E-state index contributed by atoms with van der Waals surface area (Å²) in [4.78, 5) is 30.7. The van der Waals surface area contributed by atoms with E-state index in [1.807, 2.05) is 29.7 Å². The van der Waals surface area contributed by atoms with Crippen molar-refractivity contribution in [3.05, 3.63) is 48.0 Å². The molecule has 0 saturated carbocycles. The van der Waals surface area contributed by atoms with Gasteiger partial charge in [-0.15, -0.1) is 11.3 Å². The van der Waals surface area contributed by atoms with E-state index in [1.165, 1.54) is 11.0 Å². The molecule has 2 saturated heterocycles. The summed E-state index contributed by atoms with van der Waals surface area (Å²) in [6.45, 7) is 18.9. The average molecular weight is 589 g/mol. The fourth-order valence-corrected chi connectivity index (χ4v) is 7.03. The molecular weight excluding hydrogens is 548 g/mol. The fourth-order valence-electron chi connectivity index (χ4n) is 5.87. The van der Waals surface area contributed by atoms with Gasteiger partial charge in [-0.25, -0.2) is 9.97 Å². The average Bonchev–Trinajstić information content (AvgIpc) is 3.66. The van der Waals surface area contributed by atoms with Crippen LogP contribution in [-0.2, 0) is 16.1 Å². The Bertz CT molecular complexity index is 1570. The molecule has 0 aliphatic carbocycles. The van der Waals surface area contributed by atoms with E-state index in [9.17, 15) is 4.79 Å². The first-order valence-electron chi connectivity index (χ1n) is 14.7. The lowest BCUT2D eigenvalue weighted by Gasteiger charge is -2.44. The van der Waals surface area contributed by atoms with E-state index in [1.54, 1.807) is 0 Å². The molecule has 0 radical (unpaired) electrons. The van der Waals surface area contributed by atoms with Crippen molar-refractivity contribution < 1.29 is 9.53 Å². The lowest BCUT2D eigenvalue weighted by atomic mass is 9.84. The minimum Gasteiger partial charge on any atom is -0.378 e. The van der Waals surface area contributed by atoms with Gasteiger partial charge in [-0.05, 0) is 30.5 Å². The zero-order valence-electron chi connectivity index (χ0n) is 24.7. The Morgan fingerprint density at radius 2 is 1.98 bits per heavy atom. The van der Waals surface area contributed by atoms with Crippen molar-refractivity contribution in [1.29, 1.82) is 0 Å². The second-order valence-corrected chi connectivity index (χ2v) is 13.1. The maximum absolute atomic E-state index is 11.7. The van der Waals surface area contributed by atoms with Crippen LogP contribution in [0.2, 0.25) is 0 Å². The van der Waals surface area contributed by atoms with Gasteiger partial charge in [-0.1, -0.05) is 32.6 Å². The number of thiophene rings is 1. The number of H-pyrrole nitrogens is 1. The van der Waals surface area contributed by atoms with Gasteiger partial charge in [0.1, 0.15) is 0 Å². The van der Waals surface area contributed by atoms with Gasteiger partial charge in [0, 0.05) is 74.2 Å². The molecule has 1 amide bonds. The molecule has 2 N–H and O–H groups in total. The van der Waals surface area contributed by atoms with Gasteiger partial charge < -0.3 is 15.0 Å². The highest BCUT2D eigenvalue weighted by Crippen LogP contribution is 2.36. The van der Waals surface area contributed by atoms with Gasteiger partial charge >= 0.3 is 0 Å². The quantitative estimate of drug-likeness (QED) is 0.284. The van der Waals surface area contributed by atoms with Crippen LogP contribution < -0.4 is 10.2 Å². The number of carbonyl (C=O) groups is 1. The van der Waals surface area contributed by atoms with Gasteiger partial charge in [-0.2, -0.15) is 5.10 Å². The molecule has 6 rings (SSSR count). The Kier molecular flexibility index (Phi) is 8.26. The summed E-state index contributed by atoms with van der Waals surface area (Å²) in [5.74, 6) is 1.62. The third kappa shape index (κ3) is 5.92. The van der Waals surface area contributed by atoms with E-state index in [2.05, 4.69) is 69.7 Å². The molecule has 3 aromatic heterocycles. The molecule has 10 nitrogen and oxygen atoms in total. The molecule has 11 heteroatoms. The van der Waals surface area contributed by atoms with E-state index in [4.69, 9.17) is 14.7 Å². The minimum atomic E-state index is -0.115. The second kappa shape index (κ2) is 12.1. The van der Waals surface area contributed by atoms with Crippen LogP contribution >= 0.6 is 11.3 Å². The highest BCUT2D eigenvalue weighted by atomic mass is 32.1. The van der Waals surface area contributed by atoms with Crippen LogP contribution in [0.15, 0.2) is 43.1 Å². The highest BCUT2D eigenvalue weighted by Gasteiger charge is 2.33. The van der Waals surface area contributed by atoms with Gasteiger partial charge in [0.25, 0.3) is 0 Å². The normalized spacial score (nSPS) is 18.0. The summed E-state index contributed by atoms with van der Waals surface area (Å²) >= 11 is 1.81. The maximum Gasteiger partial charge on any atom is 0.243 e. The Hall–Kier alpha value is -3.38. The number of amides is 1. The molecule has 5 heterocycles. The van der Waals surface area contributed by atoms with Gasteiger partial charge in [-0.3, -0.25) is 19.7 Å². The first-order valence-corrected chi connectivity index (χ1v) is 15.6. The number of hydrogen-bond donors (Lipinski definition) is 2. The standard InChI is InChI=1S/C31H40N8O2S/c1-5-27(40)32-20-31(3,4)21(2)38-11-9-37(10-12-38)19-22-17-26-28(42-22)30(39-13-15-41-16-14-39)35-29(34-26)23-7-6-8-25-24(23)18-33-36-25/h5-8,17-18,21H,1,9-16,19-20H2,2-4H3,(H,32,40)(H,33,36). The number of anilines is 1. The third-order valence-electron chi connectivity index (χ3n) is 8.81. The van der Waals surface area contributed by atoms with Crippen LogP contribution in [0.1, 0.15) is 25.6 Å². The summed E-state index contributed by atoms with van der Waals surface area (Å²) < 4.78 is 6.79. The first kappa shape index (κ1) is 28.7. The predicted octanol–water partition coefficient (Wildman–Crippen LogP) is 3.91. The number of aromatic amines is 1. The van der Waals surface area contributed by atoms with Crippen molar-refractivity contribution in [1.82, 2.24) is 35.3 Å². The number of rotatable bonds is 9. The number of nitrogens with one attached hydrogen (secondary N) is 2. The van der Waals surface area contributed by atoms with Crippen molar-refractivity contribution >= 4 is 44.2 Å². The van der Waals surface area contributed by atoms with Crippen LogP contribution in [0.4, 0.5) is 5.82 Å². The van der Waals surface area contributed by atoms with E-state index >= 15 is 0 Å². The largest absolute Gasteiger partial charge is 0.378 e. The number of carbonyl (C=O) groups excluding carboxylic acids is 1. The molecule has 4 aromatic rings. The lowest BCUT2D eigenvalue weighted by Crippen LogP contribution is -2.55. The number of hydrogen-bond acceptors (Lipinski definition) is 9. The Balaban J connectivity index is 1.20. The fraction of sp³-hybridized carbons (Fsp3) is 0.484. The van der Waals surface area contributed by atoms with Gasteiger partial charge in [0.2, 0.25) is 5.91 Å². The number of nitrogens with zero attached hydrogens (tertiary/aromatic N) is 6. The van der Waals surface area contributed by atoms with E-state index in [0.717, 1.165) is 84.1 Å². The maximum atomic E-state index is 11.7. The van der Waals surface area contributed by atoms with Crippen molar-refractivity contribution in [3.63, 3.8) is 0 Å². The van der Waals surface area contributed by atoms with Crippen LogP contribution in [0.25, 0.3) is 32.5 Å². The zero-order valence-corrected chi connectivity index (χ0v) is 25.5. The van der Waals surface area contributed by atoms with Crippen LogP contribution in [0, 0.1) is 5.41 Å². The smallest absolute Gasteiger partial charge is 0.243 e. The number of piperazine rings is 1. The monoisotopic (exact) mass is 588 g/mol. The van der Waals surface area contributed by atoms with E-state index < -0.39 is 0 Å². The number of aromatic nitrogens is 4. The number of fused-ring (bicyclic) bond motifs is 2. The number of benzene rings is 1. The van der Waals surface area contributed by atoms with Crippen LogP contribution in [-0.4, -0.2) is 101 Å². The van der Waals surface area contributed by atoms with Gasteiger partial charge in [0.05, 0.1) is 35.1 Å². The first-order chi connectivity index (χ1) is 20.3. The number of ether oxygens (including phenoxy) is 1. The van der Waals surface area contributed by atoms with Crippen molar-refractivity contribution in [2.75, 3.05) is 63.9 Å². The lowest BCUT2D eigenvalue weighted by molar-refractivity contribution is -0.117. The van der Waals surface area contributed by atoms with Crippen molar-refractivity contribution in [2.24, 2.45) is 5.41 Å². The Morgan fingerprint density at radius 1 is 1.19 bits per heavy atom. The Morgan fingerprint density at radius 3 is 2.74 bits per heavy atom. The molecule has 2 fully saturated rings. The molecule has 222 valence electrons. The highest BCUT2D eigenvalue weighted by molar-refractivity contribution is 7.19. The molecule has 1 unspecified atom stereocenters. The summed E-state index contributed by atoms with van der Waals surface area (Å²) in [6, 6.07) is 8.72. The molecule has 2 aliphatic rings. The predicted molar refractivity (Wildman–Crippen MR) is 169 cm³/mol. The zero-order chi connectivity index (χ0) is 29.3. The Labute approximate surface area is 250 Å². The summed E-state index contributed by atoms with van der Waals surface area (Å²) in [5, 5.41) is 11.3. The molecule has 42 heavy (non-hydrogen) atoms. The summed E-state index contributed by atoms with van der Waals surface area (Å²) in [7, 11) is 0. The van der Waals surface area contributed by atoms with Crippen LogP contribution in [0.3, 0.4) is 0 Å². The van der Waals surface area contributed by atoms with Crippen molar-refractivity contribution in [3.8, 4) is 11.4 Å². The third-order valence-corrected chi connectivity index (χ3v) is 9.91. The molecule has 2 aliphatic heterocycles. The minimum absolute atomic E-state index is 0.0423. The molecular formula is C31H40N8O2S. The molecule has 0 bridgehead atoms. The van der Waals surface area contributed by atoms with Gasteiger partial charge in [0.15, 0.2) is 11.6 Å². The van der Waals surface area contributed by atoms with Crippen molar-refractivity contribution in [2.45, 2.75) is 33.4 Å². The number of morpholine rings is 1. The SMILES string of the molecule is C=CC(=O)NCC(C)(C)C(C)N1CCN(Cc2cc3nc(-c4cccc5[nH]ncc45)nc(N4CCOCC4)c3s2)CC1. The van der Waals surface area contributed by atoms with E-state index in [0.29, 0.717) is 25.8 Å². The topological polar surface area (TPSA) is 103 Å². The molecule has 0 spiro atoms. The summed E-state index contributed by atoms with van der Waals surface area (Å²) in [5.41, 5.74) is 2.92. The van der Waals surface area contributed by atoms with E-state index in [-0.39, 0.29) is 11.3 Å². The second-order valence-electron chi connectivity index (χ2n) is 11.9. The molecule has 1 aromatic carbocycles. The summed E-state index contributed by atoms with van der Waals surface area (Å²) in [6.07, 6.45) is 3.19.